The van der Waals surface area contributed by atoms with Crippen LogP contribution in [-0.2, 0) is 28.5 Å². The van der Waals surface area contributed by atoms with Crippen LogP contribution in [0.5, 0.6) is 0 Å². The number of ether oxygens (including phenoxy) is 3. The van der Waals surface area contributed by atoms with Crippen LogP contribution in [-0.4, -0.2) is 52.6 Å². The zero-order chi connectivity index (χ0) is 16.6. The summed E-state index contributed by atoms with van der Waals surface area (Å²) in [5.41, 5.74) is -7.76. The maximum Gasteiger partial charge on any atom is 0.534 e. The van der Waals surface area contributed by atoms with Crippen molar-refractivity contribution >= 4 is 10.1 Å². The molecule has 0 aromatic carbocycles. The summed E-state index contributed by atoms with van der Waals surface area (Å²) < 4.78 is 79.7. The lowest BCUT2D eigenvalue weighted by Crippen LogP contribution is -2.46. The molecule has 2 heterocycles. The highest BCUT2D eigenvalue weighted by molar-refractivity contribution is 7.87. The molecule has 0 radical (unpaired) electrons. The third kappa shape index (κ3) is 3.14. The average Bonchev–Trinajstić information content (AvgIpc) is 2.60. The molecule has 0 aromatic rings. The number of hydrogen-bond acceptors (Lipinski definition) is 6. The summed E-state index contributed by atoms with van der Waals surface area (Å²) in [6.45, 7) is 0.0234. The molecule has 10 heteroatoms. The molecule has 0 aromatic heterocycles. The molecular weight excluding hydrogens is 329 g/mol. The summed E-state index contributed by atoms with van der Waals surface area (Å²) in [7, 11) is -2.95. The van der Waals surface area contributed by atoms with Crippen molar-refractivity contribution in [2.45, 2.75) is 23.1 Å². The van der Waals surface area contributed by atoms with Crippen molar-refractivity contribution in [1.82, 2.24) is 0 Å². The van der Waals surface area contributed by atoms with Crippen LogP contribution in [0.25, 0.3) is 0 Å². The maximum atomic E-state index is 12.4. The number of rotatable bonds is 6. The number of alkyl halides is 3. The van der Waals surface area contributed by atoms with E-state index in [9.17, 15) is 21.6 Å². The van der Waals surface area contributed by atoms with E-state index in [2.05, 4.69) is 4.18 Å². The van der Waals surface area contributed by atoms with E-state index in [1.807, 2.05) is 0 Å². The number of hydrogen-bond donors (Lipinski definition) is 0. The summed E-state index contributed by atoms with van der Waals surface area (Å²) in [5, 5.41) is 0. The molecule has 0 saturated heterocycles. The van der Waals surface area contributed by atoms with E-state index < -0.39 is 26.8 Å². The standard InChI is InChI=1S/C12H15F3O6S/c1-18-7-10-3-4-11(21-10,8-19-2)6-9(5-10)20-22(16,17)12(13,14)15/h3-5H,6-8H2,1-2H3. The van der Waals surface area contributed by atoms with E-state index in [0.717, 1.165) is 0 Å². The molecule has 126 valence electrons. The van der Waals surface area contributed by atoms with Crippen molar-refractivity contribution in [1.29, 1.82) is 0 Å². The molecule has 22 heavy (non-hydrogen) atoms. The first kappa shape index (κ1) is 17.3. The van der Waals surface area contributed by atoms with Crippen LogP contribution in [0.4, 0.5) is 13.2 Å². The van der Waals surface area contributed by atoms with Crippen molar-refractivity contribution in [3.05, 3.63) is 24.0 Å². The molecular formula is C12H15F3O6S. The SMILES string of the molecule is COCC12C=CC(COC)(CC(OS(=O)(=O)C(F)(F)F)=C1)O2. The van der Waals surface area contributed by atoms with Crippen LogP contribution in [0.1, 0.15) is 6.42 Å². The van der Waals surface area contributed by atoms with E-state index in [1.54, 1.807) is 12.2 Å². The highest BCUT2D eigenvalue weighted by Crippen LogP contribution is 2.44. The lowest BCUT2D eigenvalue weighted by Gasteiger charge is -2.37. The van der Waals surface area contributed by atoms with Gasteiger partial charge in [0.15, 0.2) is 0 Å². The largest absolute Gasteiger partial charge is 0.534 e. The Morgan fingerprint density at radius 1 is 1.23 bits per heavy atom. The predicted molar refractivity (Wildman–Crippen MR) is 68.2 cm³/mol. The molecule has 2 atom stereocenters. The zero-order valence-electron chi connectivity index (χ0n) is 11.8. The Kier molecular flexibility index (Phi) is 4.33. The fourth-order valence-electron chi connectivity index (χ4n) is 2.49. The minimum absolute atomic E-state index is 0.00606. The Bertz CT molecular complexity index is 596. The van der Waals surface area contributed by atoms with Crippen LogP contribution in [0.3, 0.4) is 0 Å². The van der Waals surface area contributed by atoms with E-state index in [1.165, 1.54) is 20.3 Å². The average molecular weight is 344 g/mol. The molecule has 0 amide bonds. The first-order chi connectivity index (χ1) is 10.1. The summed E-state index contributed by atoms with van der Waals surface area (Å²) >= 11 is 0. The first-order valence-corrected chi connectivity index (χ1v) is 7.59. The third-order valence-electron chi connectivity index (χ3n) is 3.20. The van der Waals surface area contributed by atoms with Crippen molar-refractivity contribution in [3.63, 3.8) is 0 Å². The van der Waals surface area contributed by atoms with Gasteiger partial charge in [-0.05, 0) is 12.2 Å². The summed E-state index contributed by atoms with van der Waals surface area (Å²) in [5.74, 6) is -0.359. The zero-order valence-corrected chi connectivity index (χ0v) is 12.7. The van der Waals surface area contributed by atoms with Gasteiger partial charge in [-0.1, -0.05) is 6.08 Å². The van der Waals surface area contributed by atoms with E-state index in [4.69, 9.17) is 14.2 Å². The van der Waals surface area contributed by atoms with E-state index in [-0.39, 0.29) is 25.4 Å². The number of fused-ring (bicyclic) bond motifs is 2. The fraction of sp³-hybridized carbons (Fsp3) is 0.667. The Morgan fingerprint density at radius 3 is 2.41 bits per heavy atom. The van der Waals surface area contributed by atoms with Crippen molar-refractivity contribution in [2.75, 3.05) is 27.4 Å². The van der Waals surface area contributed by atoms with Gasteiger partial charge >= 0.3 is 15.6 Å². The molecule has 0 fully saturated rings. The molecule has 2 aliphatic rings. The van der Waals surface area contributed by atoms with Crippen LogP contribution in [0.2, 0.25) is 0 Å². The smallest absolute Gasteiger partial charge is 0.381 e. The lowest BCUT2D eigenvalue weighted by atomic mass is 9.97. The molecule has 2 bridgehead atoms. The number of halogens is 3. The van der Waals surface area contributed by atoms with Gasteiger partial charge < -0.3 is 18.4 Å². The topological polar surface area (TPSA) is 71.1 Å². The Morgan fingerprint density at radius 2 is 1.86 bits per heavy atom. The molecule has 6 nitrogen and oxygen atoms in total. The second-order valence-corrected chi connectivity index (χ2v) is 6.63. The first-order valence-electron chi connectivity index (χ1n) is 6.18. The normalized spacial score (nSPS) is 31.2. The molecule has 0 aliphatic carbocycles. The summed E-state index contributed by atoms with van der Waals surface area (Å²) in [6.07, 6.45) is 4.18. The van der Waals surface area contributed by atoms with Gasteiger partial charge in [-0.2, -0.15) is 21.6 Å². The molecule has 2 unspecified atom stereocenters. The van der Waals surface area contributed by atoms with Gasteiger partial charge in [-0.25, -0.2) is 0 Å². The Labute approximate surface area is 125 Å². The molecule has 2 aliphatic heterocycles. The highest BCUT2D eigenvalue weighted by Gasteiger charge is 2.53. The minimum atomic E-state index is -5.73. The fourth-order valence-corrected chi connectivity index (χ4v) is 2.97. The summed E-state index contributed by atoms with van der Waals surface area (Å²) in [4.78, 5) is 0. The summed E-state index contributed by atoms with van der Waals surface area (Å²) in [6, 6.07) is 0. The lowest BCUT2D eigenvalue weighted by molar-refractivity contribution is -0.129. The van der Waals surface area contributed by atoms with Gasteiger partial charge in [0.1, 0.15) is 17.0 Å². The van der Waals surface area contributed by atoms with Crippen LogP contribution in [0.15, 0.2) is 24.0 Å². The van der Waals surface area contributed by atoms with Gasteiger partial charge in [0.05, 0.1) is 13.2 Å². The van der Waals surface area contributed by atoms with Crippen LogP contribution >= 0.6 is 0 Å². The van der Waals surface area contributed by atoms with Gasteiger partial charge in [0.2, 0.25) is 0 Å². The minimum Gasteiger partial charge on any atom is -0.381 e. The van der Waals surface area contributed by atoms with Crippen LogP contribution < -0.4 is 0 Å². The highest BCUT2D eigenvalue weighted by atomic mass is 32.2. The molecule has 0 spiro atoms. The second kappa shape index (κ2) is 5.52. The third-order valence-corrected chi connectivity index (χ3v) is 4.20. The monoisotopic (exact) mass is 344 g/mol. The van der Waals surface area contributed by atoms with Crippen molar-refractivity contribution in [2.24, 2.45) is 0 Å². The van der Waals surface area contributed by atoms with Gasteiger partial charge in [-0.15, -0.1) is 0 Å². The van der Waals surface area contributed by atoms with E-state index in [0.29, 0.717) is 0 Å². The quantitative estimate of drug-likeness (QED) is 0.413. The Hall–Kier alpha value is -1.10. The van der Waals surface area contributed by atoms with Crippen molar-refractivity contribution in [3.8, 4) is 0 Å². The van der Waals surface area contributed by atoms with Gasteiger partial charge in [0, 0.05) is 20.6 Å². The maximum absolute atomic E-state index is 12.4. The molecule has 2 rings (SSSR count). The van der Waals surface area contributed by atoms with Crippen LogP contribution in [0, 0.1) is 0 Å². The van der Waals surface area contributed by atoms with E-state index >= 15 is 0 Å². The Balaban J connectivity index is 2.32. The van der Waals surface area contributed by atoms with Crippen molar-refractivity contribution < 1.29 is 40.0 Å². The van der Waals surface area contributed by atoms with Gasteiger partial charge in [-0.3, -0.25) is 0 Å². The number of methoxy groups -OCH3 is 2. The molecule has 0 saturated carbocycles. The second-order valence-electron chi connectivity index (χ2n) is 5.09. The molecule has 0 N–H and O–H groups in total. The predicted octanol–water partition coefficient (Wildman–Crippen LogP) is 1.50. The van der Waals surface area contributed by atoms with Gasteiger partial charge in [0.25, 0.3) is 0 Å².